The van der Waals surface area contributed by atoms with Gasteiger partial charge in [0.2, 0.25) is 0 Å². The number of allylic oxidation sites excluding steroid dienone is 2. The SMILES string of the molecule is CC/C=C/CCCCC(O)CNCCO. The maximum absolute atomic E-state index is 9.52. The molecule has 0 radical (unpaired) electrons. The Morgan fingerprint density at radius 2 is 2.07 bits per heavy atom. The van der Waals surface area contributed by atoms with Gasteiger partial charge in [0.15, 0.2) is 0 Å². The summed E-state index contributed by atoms with van der Waals surface area (Å²) >= 11 is 0. The summed E-state index contributed by atoms with van der Waals surface area (Å²) in [6, 6.07) is 0. The Morgan fingerprint density at radius 3 is 2.73 bits per heavy atom. The average Bonchev–Trinajstić information content (AvgIpc) is 2.23. The molecule has 15 heavy (non-hydrogen) atoms. The van der Waals surface area contributed by atoms with Gasteiger partial charge in [-0.25, -0.2) is 0 Å². The molecular formula is C12H25NO2. The second-order valence-electron chi connectivity index (χ2n) is 3.75. The highest BCUT2D eigenvalue weighted by molar-refractivity contribution is 4.79. The lowest BCUT2D eigenvalue weighted by molar-refractivity contribution is 0.155. The molecule has 1 atom stereocenters. The van der Waals surface area contributed by atoms with Crippen molar-refractivity contribution in [3.8, 4) is 0 Å². The van der Waals surface area contributed by atoms with Crippen molar-refractivity contribution in [2.24, 2.45) is 0 Å². The number of hydrogen-bond donors (Lipinski definition) is 3. The fraction of sp³-hybridized carbons (Fsp3) is 0.833. The molecule has 0 aromatic heterocycles. The number of aliphatic hydroxyl groups is 2. The van der Waals surface area contributed by atoms with Gasteiger partial charge in [0.1, 0.15) is 0 Å². The number of aliphatic hydroxyl groups excluding tert-OH is 2. The number of unbranched alkanes of at least 4 members (excludes halogenated alkanes) is 2. The van der Waals surface area contributed by atoms with Crippen molar-refractivity contribution in [3.63, 3.8) is 0 Å². The molecule has 0 bridgehead atoms. The lowest BCUT2D eigenvalue weighted by Crippen LogP contribution is -2.28. The van der Waals surface area contributed by atoms with E-state index in [-0.39, 0.29) is 12.7 Å². The summed E-state index contributed by atoms with van der Waals surface area (Å²) in [6.07, 6.45) is 9.39. The Kier molecular flexibility index (Phi) is 11.4. The first-order chi connectivity index (χ1) is 7.31. The maximum Gasteiger partial charge on any atom is 0.0664 e. The molecule has 0 aromatic carbocycles. The Morgan fingerprint density at radius 1 is 1.27 bits per heavy atom. The normalized spacial score (nSPS) is 13.5. The van der Waals surface area contributed by atoms with Crippen molar-refractivity contribution in [1.29, 1.82) is 0 Å². The minimum absolute atomic E-state index is 0.133. The second-order valence-corrected chi connectivity index (χ2v) is 3.75. The van der Waals surface area contributed by atoms with Gasteiger partial charge in [-0.3, -0.25) is 0 Å². The molecule has 0 aromatic rings. The lowest BCUT2D eigenvalue weighted by atomic mass is 10.1. The van der Waals surface area contributed by atoms with Crippen LogP contribution < -0.4 is 5.32 Å². The van der Waals surface area contributed by atoms with Crippen LogP contribution in [0, 0.1) is 0 Å². The van der Waals surface area contributed by atoms with E-state index in [0.29, 0.717) is 13.1 Å². The van der Waals surface area contributed by atoms with Crippen molar-refractivity contribution in [2.75, 3.05) is 19.7 Å². The highest BCUT2D eigenvalue weighted by Gasteiger charge is 2.01. The summed E-state index contributed by atoms with van der Waals surface area (Å²) in [6.45, 7) is 3.42. The van der Waals surface area contributed by atoms with Crippen LogP contribution in [0.1, 0.15) is 39.0 Å². The minimum atomic E-state index is -0.272. The molecule has 0 aliphatic carbocycles. The Balaban J connectivity index is 3.16. The van der Waals surface area contributed by atoms with Crippen molar-refractivity contribution in [3.05, 3.63) is 12.2 Å². The molecule has 90 valence electrons. The van der Waals surface area contributed by atoms with Crippen molar-refractivity contribution < 1.29 is 10.2 Å². The monoisotopic (exact) mass is 215 g/mol. The third-order valence-electron chi connectivity index (χ3n) is 2.23. The van der Waals surface area contributed by atoms with Gasteiger partial charge >= 0.3 is 0 Å². The predicted molar refractivity (Wildman–Crippen MR) is 63.9 cm³/mol. The zero-order valence-corrected chi connectivity index (χ0v) is 9.78. The topological polar surface area (TPSA) is 52.5 Å². The zero-order chi connectivity index (χ0) is 11.4. The van der Waals surface area contributed by atoms with Gasteiger partial charge in [-0.2, -0.15) is 0 Å². The number of rotatable bonds is 10. The van der Waals surface area contributed by atoms with Crippen molar-refractivity contribution in [1.82, 2.24) is 5.32 Å². The highest BCUT2D eigenvalue weighted by Crippen LogP contribution is 2.04. The average molecular weight is 215 g/mol. The molecule has 0 saturated heterocycles. The molecule has 0 saturated carbocycles. The minimum Gasteiger partial charge on any atom is -0.395 e. The molecule has 0 amide bonds. The van der Waals surface area contributed by atoms with Crippen LogP contribution in [-0.4, -0.2) is 36.0 Å². The molecule has 0 heterocycles. The van der Waals surface area contributed by atoms with Crippen molar-refractivity contribution in [2.45, 2.75) is 45.1 Å². The fourth-order valence-corrected chi connectivity index (χ4v) is 1.38. The van der Waals surface area contributed by atoms with Gasteiger partial charge in [0.05, 0.1) is 12.7 Å². The van der Waals surface area contributed by atoms with E-state index in [0.717, 1.165) is 32.1 Å². The summed E-state index contributed by atoms with van der Waals surface area (Å²) < 4.78 is 0. The Bertz CT molecular complexity index is 149. The van der Waals surface area contributed by atoms with Crippen molar-refractivity contribution >= 4 is 0 Å². The summed E-state index contributed by atoms with van der Waals surface area (Å²) in [5, 5.41) is 21.0. The molecule has 3 heteroatoms. The van der Waals surface area contributed by atoms with Gasteiger partial charge in [-0.15, -0.1) is 0 Å². The summed E-state index contributed by atoms with van der Waals surface area (Å²) in [5.41, 5.74) is 0. The van der Waals surface area contributed by atoms with E-state index in [9.17, 15) is 5.11 Å². The first kappa shape index (κ1) is 14.6. The van der Waals surface area contributed by atoms with Crippen LogP contribution in [0.3, 0.4) is 0 Å². The third-order valence-corrected chi connectivity index (χ3v) is 2.23. The maximum atomic E-state index is 9.52. The van der Waals surface area contributed by atoms with Gasteiger partial charge in [0.25, 0.3) is 0 Å². The van der Waals surface area contributed by atoms with E-state index >= 15 is 0 Å². The van der Waals surface area contributed by atoms with Crippen LogP contribution in [0.25, 0.3) is 0 Å². The molecular weight excluding hydrogens is 190 g/mol. The van der Waals surface area contributed by atoms with Crippen LogP contribution in [-0.2, 0) is 0 Å². The molecule has 3 nitrogen and oxygen atoms in total. The van der Waals surface area contributed by atoms with E-state index in [1.54, 1.807) is 0 Å². The summed E-state index contributed by atoms with van der Waals surface area (Å²) in [5.74, 6) is 0. The van der Waals surface area contributed by atoms with E-state index in [1.807, 2.05) is 0 Å². The van der Waals surface area contributed by atoms with E-state index < -0.39 is 0 Å². The van der Waals surface area contributed by atoms with E-state index in [4.69, 9.17) is 5.11 Å². The van der Waals surface area contributed by atoms with Crippen LogP contribution in [0.2, 0.25) is 0 Å². The third kappa shape index (κ3) is 11.5. The smallest absolute Gasteiger partial charge is 0.0664 e. The van der Waals surface area contributed by atoms with Gasteiger partial charge in [0, 0.05) is 13.1 Å². The summed E-state index contributed by atoms with van der Waals surface area (Å²) in [7, 11) is 0. The standard InChI is InChI=1S/C12H25NO2/c1-2-3-4-5-6-7-8-12(15)11-13-9-10-14/h3-4,12-15H,2,5-11H2,1H3/b4-3+. The Labute approximate surface area is 93.2 Å². The predicted octanol–water partition coefficient (Wildman–Crippen LogP) is 1.46. The van der Waals surface area contributed by atoms with Crippen LogP contribution in [0.15, 0.2) is 12.2 Å². The molecule has 0 rings (SSSR count). The molecule has 1 unspecified atom stereocenters. The van der Waals surface area contributed by atoms with Crippen LogP contribution in [0.4, 0.5) is 0 Å². The lowest BCUT2D eigenvalue weighted by Gasteiger charge is -2.10. The van der Waals surface area contributed by atoms with Gasteiger partial charge in [-0.05, 0) is 25.7 Å². The molecule has 0 aliphatic rings. The second kappa shape index (κ2) is 11.7. The van der Waals surface area contributed by atoms with Crippen LogP contribution in [0.5, 0.6) is 0 Å². The fourth-order valence-electron chi connectivity index (χ4n) is 1.38. The largest absolute Gasteiger partial charge is 0.395 e. The first-order valence-electron chi connectivity index (χ1n) is 5.95. The molecule has 0 spiro atoms. The van der Waals surface area contributed by atoms with Gasteiger partial charge in [-0.1, -0.05) is 25.5 Å². The zero-order valence-electron chi connectivity index (χ0n) is 9.78. The molecule has 3 N–H and O–H groups in total. The molecule has 0 aliphatic heterocycles. The first-order valence-corrected chi connectivity index (χ1v) is 5.95. The van der Waals surface area contributed by atoms with E-state index in [1.165, 1.54) is 0 Å². The molecule has 0 fully saturated rings. The Hall–Kier alpha value is -0.380. The number of hydrogen-bond acceptors (Lipinski definition) is 3. The summed E-state index contributed by atoms with van der Waals surface area (Å²) in [4.78, 5) is 0. The van der Waals surface area contributed by atoms with Gasteiger partial charge < -0.3 is 15.5 Å². The highest BCUT2D eigenvalue weighted by atomic mass is 16.3. The van der Waals surface area contributed by atoms with Crippen LogP contribution >= 0.6 is 0 Å². The number of nitrogens with one attached hydrogen (secondary N) is 1. The van der Waals surface area contributed by atoms with E-state index in [2.05, 4.69) is 24.4 Å². The quantitative estimate of drug-likeness (QED) is 0.382.